The van der Waals surface area contributed by atoms with Gasteiger partial charge in [0.1, 0.15) is 0 Å². The van der Waals surface area contributed by atoms with Gasteiger partial charge < -0.3 is 0 Å². The highest BCUT2D eigenvalue weighted by Crippen LogP contribution is 2.43. The summed E-state index contributed by atoms with van der Waals surface area (Å²) in [7, 11) is 0. The molecule has 0 aromatic heterocycles. The van der Waals surface area contributed by atoms with Crippen molar-refractivity contribution < 1.29 is 9.18 Å². The van der Waals surface area contributed by atoms with Crippen LogP contribution in [0.15, 0.2) is 22.2 Å². The normalized spacial score (nSPS) is 33.5. The van der Waals surface area contributed by atoms with E-state index in [1.165, 1.54) is 6.08 Å². The van der Waals surface area contributed by atoms with Crippen LogP contribution < -0.4 is 0 Å². The predicted molar refractivity (Wildman–Crippen MR) is 52.4 cm³/mol. The topological polar surface area (TPSA) is 17.1 Å². The molecule has 0 aliphatic heterocycles. The Morgan fingerprint density at radius 2 is 2.15 bits per heavy atom. The summed E-state index contributed by atoms with van der Waals surface area (Å²) in [6.07, 6.45) is 5.82. The molecule has 0 spiro atoms. The molecule has 2 aliphatic carbocycles. The van der Waals surface area contributed by atoms with Crippen LogP contribution in [0.2, 0.25) is 0 Å². The lowest BCUT2D eigenvalue weighted by Crippen LogP contribution is -2.39. The van der Waals surface area contributed by atoms with Gasteiger partial charge in [-0.3, -0.25) is 4.79 Å². The van der Waals surface area contributed by atoms with Gasteiger partial charge >= 0.3 is 0 Å². The van der Waals surface area contributed by atoms with Gasteiger partial charge in [-0.15, -0.1) is 0 Å². The zero-order valence-corrected chi connectivity index (χ0v) is 8.73. The Kier molecular flexibility index (Phi) is 2.14. The summed E-state index contributed by atoms with van der Waals surface area (Å²) in [6.45, 7) is 0. The first-order chi connectivity index (χ1) is 6.14. The molecular weight excluding hydrogens is 235 g/mol. The number of alkyl halides is 1. The lowest BCUT2D eigenvalue weighted by Gasteiger charge is -2.32. The average molecular weight is 245 g/mol. The highest BCUT2D eigenvalue weighted by atomic mass is 79.9. The maximum absolute atomic E-state index is 14.2. The molecule has 0 bridgehead atoms. The molecule has 0 aromatic carbocycles. The maximum Gasteiger partial charge on any atom is 0.197 e. The monoisotopic (exact) mass is 244 g/mol. The molecule has 1 saturated carbocycles. The van der Waals surface area contributed by atoms with Gasteiger partial charge in [0.2, 0.25) is 0 Å². The fourth-order valence-corrected chi connectivity index (χ4v) is 2.63. The van der Waals surface area contributed by atoms with Gasteiger partial charge in [-0.05, 0) is 43.4 Å². The highest BCUT2D eigenvalue weighted by Gasteiger charge is 2.44. The molecule has 1 unspecified atom stereocenters. The van der Waals surface area contributed by atoms with E-state index in [2.05, 4.69) is 15.9 Å². The summed E-state index contributed by atoms with van der Waals surface area (Å²) in [5, 5.41) is 0. The van der Waals surface area contributed by atoms with E-state index in [4.69, 9.17) is 0 Å². The maximum atomic E-state index is 14.2. The molecule has 2 aliphatic rings. The number of ketones is 1. The molecule has 0 saturated heterocycles. The van der Waals surface area contributed by atoms with Gasteiger partial charge in [0.25, 0.3) is 0 Å². The Bertz CT molecular complexity index is 319. The van der Waals surface area contributed by atoms with Crippen LogP contribution in [-0.4, -0.2) is 11.5 Å². The van der Waals surface area contributed by atoms with Crippen molar-refractivity contribution in [3.05, 3.63) is 22.2 Å². The molecule has 0 aromatic rings. The third-order valence-corrected chi connectivity index (χ3v) is 3.48. The second-order valence-corrected chi connectivity index (χ2v) is 4.39. The zero-order chi connectivity index (χ0) is 9.47. The fourth-order valence-electron chi connectivity index (χ4n) is 1.98. The summed E-state index contributed by atoms with van der Waals surface area (Å²) >= 11 is 3.29. The number of carbonyl (C=O) groups is 1. The summed E-state index contributed by atoms with van der Waals surface area (Å²) in [5.74, 6) is -0.384. The van der Waals surface area contributed by atoms with Crippen LogP contribution in [0.3, 0.4) is 0 Å². The van der Waals surface area contributed by atoms with Gasteiger partial charge in [0, 0.05) is 4.48 Å². The first-order valence-corrected chi connectivity index (χ1v) is 5.24. The first kappa shape index (κ1) is 9.13. The third kappa shape index (κ3) is 1.30. The average Bonchev–Trinajstić information content (AvgIpc) is 2.12. The number of rotatable bonds is 0. The standard InChI is InChI=1S/C10H10BrFO/c11-8-4-5-9(13)10(12)6-2-1-3-7(8)10/h4-5H,1-3,6H2. The summed E-state index contributed by atoms with van der Waals surface area (Å²) in [6, 6.07) is 0. The van der Waals surface area contributed by atoms with Crippen LogP contribution in [-0.2, 0) is 4.79 Å². The van der Waals surface area contributed by atoms with Crippen molar-refractivity contribution in [2.24, 2.45) is 0 Å². The Morgan fingerprint density at radius 3 is 2.85 bits per heavy atom. The zero-order valence-electron chi connectivity index (χ0n) is 7.15. The molecule has 3 heteroatoms. The number of carbonyl (C=O) groups excluding carboxylic acids is 1. The molecule has 0 radical (unpaired) electrons. The van der Waals surface area contributed by atoms with Crippen molar-refractivity contribution in [3.63, 3.8) is 0 Å². The number of allylic oxidation sites excluding steroid dienone is 4. The minimum Gasteiger partial charge on any atom is -0.291 e. The quantitative estimate of drug-likeness (QED) is 0.641. The van der Waals surface area contributed by atoms with Crippen molar-refractivity contribution in [3.8, 4) is 0 Å². The summed E-state index contributed by atoms with van der Waals surface area (Å²) in [4.78, 5) is 11.4. The Morgan fingerprint density at radius 1 is 1.38 bits per heavy atom. The second-order valence-electron chi connectivity index (χ2n) is 3.53. The highest BCUT2D eigenvalue weighted by molar-refractivity contribution is 9.11. The Hall–Kier alpha value is -0.440. The SMILES string of the molecule is O=C1C=CC(Br)=C2CCCCC12F. The lowest BCUT2D eigenvalue weighted by molar-refractivity contribution is -0.124. The fraction of sp³-hybridized carbons (Fsp3) is 0.500. The number of hydrogen-bond acceptors (Lipinski definition) is 1. The van der Waals surface area contributed by atoms with E-state index in [-0.39, 0.29) is 5.78 Å². The summed E-state index contributed by atoms with van der Waals surface area (Å²) in [5.41, 5.74) is -1.04. The molecule has 0 N–H and O–H groups in total. The molecule has 2 rings (SSSR count). The van der Waals surface area contributed by atoms with Crippen LogP contribution in [0.5, 0.6) is 0 Å². The van der Waals surface area contributed by atoms with Gasteiger partial charge in [-0.25, -0.2) is 4.39 Å². The van der Waals surface area contributed by atoms with Gasteiger partial charge in [-0.1, -0.05) is 15.9 Å². The lowest BCUT2D eigenvalue weighted by atomic mass is 9.76. The van der Waals surface area contributed by atoms with Crippen LogP contribution >= 0.6 is 15.9 Å². The number of fused-ring (bicyclic) bond motifs is 1. The Balaban J connectivity index is 2.47. The van der Waals surface area contributed by atoms with E-state index in [0.717, 1.165) is 17.3 Å². The van der Waals surface area contributed by atoms with Crippen molar-refractivity contribution >= 4 is 21.7 Å². The van der Waals surface area contributed by atoms with Crippen molar-refractivity contribution in [2.75, 3.05) is 0 Å². The molecule has 13 heavy (non-hydrogen) atoms. The van der Waals surface area contributed by atoms with Crippen LogP contribution in [0, 0.1) is 0 Å². The van der Waals surface area contributed by atoms with E-state index < -0.39 is 5.67 Å². The minimum atomic E-state index is -1.69. The van der Waals surface area contributed by atoms with E-state index >= 15 is 0 Å². The minimum absolute atomic E-state index is 0.348. The Labute approximate surface area is 84.8 Å². The molecular formula is C10H10BrFO. The van der Waals surface area contributed by atoms with Crippen LogP contribution in [0.25, 0.3) is 0 Å². The van der Waals surface area contributed by atoms with Crippen LogP contribution in [0.1, 0.15) is 25.7 Å². The van der Waals surface area contributed by atoms with E-state index in [9.17, 15) is 9.18 Å². The molecule has 1 nitrogen and oxygen atoms in total. The van der Waals surface area contributed by atoms with Gasteiger partial charge in [-0.2, -0.15) is 0 Å². The summed E-state index contributed by atoms with van der Waals surface area (Å²) < 4.78 is 14.9. The van der Waals surface area contributed by atoms with E-state index in [1.807, 2.05) is 0 Å². The smallest absolute Gasteiger partial charge is 0.197 e. The predicted octanol–water partition coefficient (Wildman–Crippen LogP) is 3.06. The third-order valence-electron chi connectivity index (χ3n) is 2.74. The number of hydrogen-bond donors (Lipinski definition) is 0. The van der Waals surface area contributed by atoms with E-state index in [0.29, 0.717) is 18.4 Å². The van der Waals surface area contributed by atoms with Gasteiger partial charge in [0.15, 0.2) is 11.5 Å². The van der Waals surface area contributed by atoms with Gasteiger partial charge in [0.05, 0.1) is 0 Å². The van der Waals surface area contributed by atoms with Crippen molar-refractivity contribution in [1.29, 1.82) is 0 Å². The molecule has 1 fully saturated rings. The molecule has 70 valence electrons. The van der Waals surface area contributed by atoms with Crippen molar-refractivity contribution in [2.45, 2.75) is 31.4 Å². The molecule has 0 heterocycles. The largest absolute Gasteiger partial charge is 0.291 e. The first-order valence-electron chi connectivity index (χ1n) is 4.45. The second kappa shape index (κ2) is 3.05. The van der Waals surface area contributed by atoms with Crippen LogP contribution in [0.4, 0.5) is 4.39 Å². The molecule has 1 atom stereocenters. The number of halogens is 2. The van der Waals surface area contributed by atoms with Crippen molar-refractivity contribution in [1.82, 2.24) is 0 Å². The van der Waals surface area contributed by atoms with E-state index in [1.54, 1.807) is 6.08 Å². The molecule has 0 amide bonds.